The molecule has 24 heavy (non-hydrogen) atoms. The van der Waals surface area contributed by atoms with Gasteiger partial charge in [0.2, 0.25) is 0 Å². The quantitative estimate of drug-likeness (QED) is 0.743. The highest BCUT2D eigenvalue weighted by Gasteiger charge is 2.18. The highest BCUT2D eigenvalue weighted by atomic mass is 35.5. The molecule has 0 saturated carbocycles. The second-order valence-corrected chi connectivity index (χ2v) is 5.88. The second-order valence-electron chi connectivity index (χ2n) is 5.88. The van der Waals surface area contributed by atoms with Gasteiger partial charge in [0.25, 0.3) is 0 Å². The first-order valence-corrected chi connectivity index (χ1v) is 8.56. The average Bonchev–Trinajstić information content (AvgIpc) is 2.76. The Kier molecular flexibility index (Phi) is 6.89. The van der Waals surface area contributed by atoms with E-state index in [9.17, 15) is 0 Å². The molecule has 3 heteroatoms. The third-order valence-electron chi connectivity index (χ3n) is 4.56. The fraction of sp³-hybridized carbons (Fsp3) is 0.333. The van der Waals surface area contributed by atoms with E-state index < -0.39 is 0 Å². The van der Waals surface area contributed by atoms with Crippen molar-refractivity contribution in [2.24, 2.45) is 0 Å². The molecule has 0 fully saturated rings. The third-order valence-corrected chi connectivity index (χ3v) is 4.56. The number of benzene rings is 2. The molecule has 128 valence electrons. The first-order valence-electron chi connectivity index (χ1n) is 8.56. The molecule has 3 rings (SSSR count). The van der Waals surface area contributed by atoms with Crippen LogP contribution >= 0.6 is 12.4 Å². The summed E-state index contributed by atoms with van der Waals surface area (Å²) in [6, 6.07) is 17.0. The van der Waals surface area contributed by atoms with Gasteiger partial charge in [-0.3, -0.25) is 0 Å². The minimum absolute atomic E-state index is 0. The zero-order valence-corrected chi connectivity index (χ0v) is 15.3. The number of para-hydroxylation sites is 1. The van der Waals surface area contributed by atoms with E-state index in [2.05, 4.69) is 67.3 Å². The SMILES string of the molecule is CCN(CC)CCC=C1c2ccccc2COc2ccccc21.Cl. The van der Waals surface area contributed by atoms with E-state index in [4.69, 9.17) is 4.74 Å². The predicted octanol–water partition coefficient (Wildman–Crippen LogP) is 5.16. The van der Waals surface area contributed by atoms with Gasteiger partial charge in [-0.25, -0.2) is 0 Å². The lowest BCUT2D eigenvalue weighted by Gasteiger charge is -2.17. The van der Waals surface area contributed by atoms with Crippen LogP contribution in [0.4, 0.5) is 0 Å². The number of hydrogen-bond acceptors (Lipinski definition) is 2. The maximum atomic E-state index is 6.02. The summed E-state index contributed by atoms with van der Waals surface area (Å²) in [5.74, 6) is 0.984. The third kappa shape index (κ3) is 4.00. The highest BCUT2D eigenvalue weighted by Crippen LogP contribution is 2.36. The summed E-state index contributed by atoms with van der Waals surface area (Å²) in [4.78, 5) is 2.46. The Hall–Kier alpha value is -1.77. The molecule has 0 amide bonds. The molecule has 0 spiro atoms. The van der Waals surface area contributed by atoms with E-state index in [1.54, 1.807) is 0 Å². The lowest BCUT2D eigenvalue weighted by Crippen LogP contribution is -2.23. The Bertz CT molecular complexity index is 642. The van der Waals surface area contributed by atoms with E-state index >= 15 is 0 Å². The molecule has 0 N–H and O–H groups in total. The normalized spacial score (nSPS) is 14.4. The van der Waals surface area contributed by atoms with Crippen molar-refractivity contribution in [2.45, 2.75) is 26.9 Å². The van der Waals surface area contributed by atoms with Gasteiger partial charge in [-0.1, -0.05) is 62.4 Å². The molecule has 0 unspecified atom stereocenters. The molecule has 0 atom stereocenters. The Morgan fingerprint density at radius 3 is 2.38 bits per heavy atom. The van der Waals surface area contributed by atoms with Crippen LogP contribution < -0.4 is 4.74 Å². The lowest BCUT2D eigenvalue weighted by molar-refractivity contribution is 0.307. The molecule has 0 aromatic heterocycles. The van der Waals surface area contributed by atoms with Gasteiger partial charge in [0.15, 0.2) is 0 Å². The minimum atomic E-state index is 0. The molecular weight excluding hydrogens is 318 g/mol. The molecule has 2 aromatic rings. The van der Waals surface area contributed by atoms with Crippen molar-refractivity contribution < 1.29 is 4.74 Å². The van der Waals surface area contributed by atoms with Gasteiger partial charge in [0.05, 0.1) is 0 Å². The Morgan fingerprint density at radius 1 is 0.958 bits per heavy atom. The topological polar surface area (TPSA) is 12.5 Å². The summed E-state index contributed by atoms with van der Waals surface area (Å²) < 4.78 is 6.02. The molecule has 0 bridgehead atoms. The lowest BCUT2D eigenvalue weighted by atomic mass is 9.93. The van der Waals surface area contributed by atoms with Crippen molar-refractivity contribution in [1.29, 1.82) is 0 Å². The molecule has 1 aliphatic heterocycles. The van der Waals surface area contributed by atoms with Crippen molar-refractivity contribution in [3.05, 3.63) is 71.3 Å². The number of nitrogens with zero attached hydrogens (tertiary/aromatic N) is 1. The fourth-order valence-corrected chi connectivity index (χ4v) is 3.18. The number of hydrogen-bond donors (Lipinski definition) is 0. The van der Waals surface area contributed by atoms with E-state index in [1.165, 1.54) is 22.3 Å². The Morgan fingerprint density at radius 2 is 1.62 bits per heavy atom. The van der Waals surface area contributed by atoms with Crippen molar-refractivity contribution in [3.8, 4) is 5.75 Å². The van der Waals surface area contributed by atoms with Gasteiger partial charge in [-0.05, 0) is 42.3 Å². The largest absolute Gasteiger partial charge is 0.488 e. The van der Waals surface area contributed by atoms with Gasteiger partial charge in [-0.15, -0.1) is 12.4 Å². The zero-order valence-electron chi connectivity index (χ0n) is 14.5. The first kappa shape index (κ1) is 18.6. The number of rotatable bonds is 5. The number of halogens is 1. The predicted molar refractivity (Wildman–Crippen MR) is 104 cm³/mol. The maximum absolute atomic E-state index is 6.02. The number of fused-ring (bicyclic) bond motifs is 2. The average molecular weight is 344 g/mol. The molecule has 2 nitrogen and oxygen atoms in total. The molecule has 2 aromatic carbocycles. The summed E-state index contributed by atoms with van der Waals surface area (Å²) in [5.41, 5.74) is 5.08. The van der Waals surface area contributed by atoms with E-state index in [0.717, 1.165) is 31.8 Å². The molecule has 1 heterocycles. The van der Waals surface area contributed by atoms with Crippen LogP contribution in [0.1, 0.15) is 37.0 Å². The molecular formula is C21H26ClNO. The van der Waals surface area contributed by atoms with Gasteiger partial charge >= 0.3 is 0 Å². The Balaban J connectivity index is 0.00000208. The van der Waals surface area contributed by atoms with Gasteiger partial charge < -0.3 is 9.64 Å². The summed E-state index contributed by atoms with van der Waals surface area (Å²) in [6.07, 6.45) is 3.43. The number of ether oxygens (including phenoxy) is 1. The van der Waals surface area contributed by atoms with Crippen LogP contribution in [0.2, 0.25) is 0 Å². The van der Waals surface area contributed by atoms with Crippen LogP contribution in [0, 0.1) is 0 Å². The highest BCUT2D eigenvalue weighted by molar-refractivity contribution is 5.85. The van der Waals surface area contributed by atoms with Gasteiger partial charge in [0, 0.05) is 12.1 Å². The first-order chi connectivity index (χ1) is 11.3. The standard InChI is InChI=1S/C21H25NO.ClH/c1-3-22(4-2)15-9-13-19-18-11-6-5-10-17(18)16-23-21-14-8-7-12-20(19)21;/h5-8,10-14H,3-4,9,15-16H2,1-2H3;1H. The summed E-state index contributed by atoms with van der Waals surface area (Å²) in [6.45, 7) is 8.40. The van der Waals surface area contributed by atoms with Gasteiger partial charge in [0.1, 0.15) is 12.4 Å². The molecule has 1 aliphatic rings. The summed E-state index contributed by atoms with van der Waals surface area (Å²) >= 11 is 0. The van der Waals surface area contributed by atoms with Crippen molar-refractivity contribution in [1.82, 2.24) is 4.90 Å². The van der Waals surface area contributed by atoms with E-state index in [0.29, 0.717) is 6.61 Å². The second kappa shape index (κ2) is 8.91. The van der Waals surface area contributed by atoms with Crippen LogP contribution in [-0.2, 0) is 6.61 Å². The molecule has 0 saturated heterocycles. The van der Waals surface area contributed by atoms with Crippen LogP contribution in [0.3, 0.4) is 0 Å². The van der Waals surface area contributed by atoms with E-state index in [-0.39, 0.29) is 12.4 Å². The maximum Gasteiger partial charge on any atom is 0.127 e. The van der Waals surface area contributed by atoms with Crippen LogP contribution in [0.5, 0.6) is 5.75 Å². The summed E-state index contributed by atoms with van der Waals surface area (Å²) in [7, 11) is 0. The minimum Gasteiger partial charge on any atom is -0.488 e. The van der Waals surface area contributed by atoms with Crippen LogP contribution in [0.25, 0.3) is 5.57 Å². The fourth-order valence-electron chi connectivity index (χ4n) is 3.18. The van der Waals surface area contributed by atoms with Crippen molar-refractivity contribution >= 4 is 18.0 Å². The van der Waals surface area contributed by atoms with Crippen molar-refractivity contribution in [3.63, 3.8) is 0 Å². The van der Waals surface area contributed by atoms with Gasteiger partial charge in [-0.2, -0.15) is 0 Å². The smallest absolute Gasteiger partial charge is 0.127 e. The Labute approximate surface area is 151 Å². The van der Waals surface area contributed by atoms with Crippen LogP contribution in [0.15, 0.2) is 54.6 Å². The van der Waals surface area contributed by atoms with Crippen molar-refractivity contribution in [2.75, 3.05) is 19.6 Å². The van der Waals surface area contributed by atoms with Crippen LogP contribution in [-0.4, -0.2) is 24.5 Å². The molecule has 0 radical (unpaired) electrons. The molecule has 0 aliphatic carbocycles. The monoisotopic (exact) mass is 343 g/mol. The van der Waals surface area contributed by atoms with E-state index in [1.807, 2.05) is 6.07 Å². The zero-order chi connectivity index (χ0) is 16.1. The summed E-state index contributed by atoms with van der Waals surface area (Å²) in [5, 5.41) is 0.